The van der Waals surface area contributed by atoms with Crippen LogP contribution in [0.5, 0.6) is 0 Å². The molecule has 0 aromatic heterocycles. The standard InChI is InChI=1S/C14H20Cl2O/c1-17-9-5-4-6-12(11-15)10-13-7-2-3-8-14(13)16/h2-3,7-8,12H,4-6,9-11H2,1H3. The Morgan fingerprint density at radius 1 is 1.24 bits per heavy atom. The Morgan fingerprint density at radius 3 is 2.65 bits per heavy atom. The van der Waals surface area contributed by atoms with Crippen LogP contribution >= 0.6 is 23.2 Å². The highest BCUT2D eigenvalue weighted by Gasteiger charge is 2.10. The SMILES string of the molecule is COCCCCC(CCl)Cc1ccccc1Cl. The lowest BCUT2D eigenvalue weighted by atomic mass is 9.96. The highest BCUT2D eigenvalue weighted by Crippen LogP contribution is 2.22. The number of halogens is 2. The Kier molecular flexibility index (Phi) is 7.67. The zero-order valence-electron chi connectivity index (χ0n) is 10.3. The molecule has 0 fully saturated rings. The van der Waals surface area contributed by atoms with Gasteiger partial charge in [0.25, 0.3) is 0 Å². The van der Waals surface area contributed by atoms with Crippen molar-refractivity contribution in [3.8, 4) is 0 Å². The first-order chi connectivity index (χ1) is 8.27. The van der Waals surface area contributed by atoms with Crippen molar-refractivity contribution >= 4 is 23.2 Å². The van der Waals surface area contributed by atoms with Gasteiger partial charge in [0.2, 0.25) is 0 Å². The molecule has 0 bridgehead atoms. The maximum Gasteiger partial charge on any atom is 0.0462 e. The number of ether oxygens (including phenoxy) is 1. The molecule has 0 heterocycles. The Balaban J connectivity index is 2.38. The minimum absolute atomic E-state index is 0.508. The predicted molar refractivity (Wildman–Crippen MR) is 75.1 cm³/mol. The van der Waals surface area contributed by atoms with Gasteiger partial charge in [-0.1, -0.05) is 36.2 Å². The maximum atomic E-state index is 6.15. The van der Waals surface area contributed by atoms with Crippen LogP contribution in [-0.2, 0) is 11.2 Å². The maximum absolute atomic E-state index is 6.15. The summed E-state index contributed by atoms with van der Waals surface area (Å²) in [7, 11) is 1.74. The highest BCUT2D eigenvalue weighted by molar-refractivity contribution is 6.31. The number of hydrogen-bond acceptors (Lipinski definition) is 1. The summed E-state index contributed by atoms with van der Waals surface area (Å²) >= 11 is 12.2. The lowest BCUT2D eigenvalue weighted by molar-refractivity contribution is 0.190. The molecule has 0 amide bonds. The summed E-state index contributed by atoms with van der Waals surface area (Å²) in [5, 5.41) is 0.847. The molecule has 0 N–H and O–H groups in total. The Morgan fingerprint density at radius 2 is 2.00 bits per heavy atom. The molecule has 0 spiro atoms. The second-order valence-corrected chi connectivity index (χ2v) is 5.02. The molecule has 1 unspecified atom stereocenters. The summed E-state index contributed by atoms with van der Waals surface area (Å²) in [6, 6.07) is 8.00. The third-order valence-electron chi connectivity index (χ3n) is 2.90. The molecule has 1 rings (SSSR count). The Labute approximate surface area is 114 Å². The van der Waals surface area contributed by atoms with E-state index >= 15 is 0 Å². The number of rotatable bonds is 8. The summed E-state index contributed by atoms with van der Waals surface area (Å²) in [4.78, 5) is 0. The van der Waals surface area contributed by atoms with E-state index in [1.165, 1.54) is 5.56 Å². The molecule has 1 aromatic carbocycles. The van der Waals surface area contributed by atoms with Crippen molar-refractivity contribution in [3.05, 3.63) is 34.9 Å². The van der Waals surface area contributed by atoms with Gasteiger partial charge in [-0.05, 0) is 36.8 Å². The summed E-state index contributed by atoms with van der Waals surface area (Å²) in [5.74, 6) is 1.20. The average molecular weight is 275 g/mol. The van der Waals surface area contributed by atoms with E-state index in [0.717, 1.165) is 37.3 Å². The van der Waals surface area contributed by atoms with Crippen LogP contribution in [0, 0.1) is 5.92 Å². The van der Waals surface area contributed by atoms with Crippen molar-refractivity contribution < 1.29 is 4.74 Å². The molecule has 3 heteroatoms. The fraction of sp³-hybridized carbons (Fsp3) is 0.571. The Bertz CT molecular complexity index is 315. The third kappa shape index (κ3) is 5.76. The van der Waals surface area contributed by atoms with E-state index in [9.17, 15) is 0 Å². The van der Waals surface area contributed by atoms with Crippen molar-refractivity contribution in [1.82, 2.24) is 0 Å². The van der Waals surface area contributed by atoms with E-state index in [2.05, 4.69) is 6.07 Å². The topological polar surface area (TPSA) is 9.23 Å². The Hall–Kier alpha value is -0.240. The minimum Gasteiger partial charge on any atom is -0.385 e. The number of unbranched alkanes of at least 4 members (excludes halogenated alkanes) is 1. The molecule has 0 aliphatic heterocycles. The highest BCUT2D eigenvalue weighted by atomic mass is 35.5. The van der Waals surface area contributed by atoms with Crippen LogP contribution < -0.4 is 0 Å². The van der Waals surface area contributed by atoms with Crippen molar-refractivity contribution in [2.24, 2.45) is 5.92 Å². The minimum atomic E-state index is 0.508. The van der Waals surface area contributed by atoms with Gasteiger partial charge in [-0.15, -0.1) is 11.6 Å². The zero-order valence-corrected chi connectivity index (χ0v) is 11.8. The van der Waals surface area contributed by atoms with Crippen LogP contribution in [0.4, 0.5) is 0 Å². The molecule has 1 atom stereocenters. The van der Waals surface area contributed by atoms with Gasteiger partial charge in [0, 0.05) is 24.6 Å². The summed E-state index contributed by atoms with van der Waals surface area (Å²) in [6.45, 7) is 0.834. The molecule has 96 valence electrons. The van der Waals surface area contributed by atoms with Crippen molar-refractivity contribution in [1.29, 1.82) is 0 Å². The second kappa shape index (κ2) is 8.79. The van der Waals surface area contributed by atoms with Crippen LogP contribution in [0.1, 0.15) is 24.8 Å². The molecule has 1 nitrogen and oxygen atoms in total. The first kappa shape index (κ1) is 14.8. The molecule has 1 aromatic rings. The van der Waals surface area contributed by atoms with Crippen LogP contribution in [0.15, 0.2) is 24.3 Å². The van der Waals surface area contributed by atoms with E-state index in [-0.39, 0.29) is 0 Å². The van der Waals surface area contributed by atoms with E-state index in [1.807, 2.05) is 18.2 Å². The number of hydrogen-bond donors (Lipinski definition) is 0. The second-order valence-electron chi connectivity index (χ2n) is 4.30. The van der Waals surface area contributed by atoms with Gasteiger partial charge in [-0.3, -0.25) is 0 Å². The van der Waals surface area contributed by atoms with E-state index < -0.39 is 0 Å². The fourth-order valence-electron chi connectivity index (χ4n) is 1.89. The van der Waals surface area contributed by atoms with Crippen LogP contribution in [0.25, 0.3) is 0 Å². The third-order valence-corrected chi connectivity index (χ3v) is 3.70. The van der Waals surface area contributed by atoms with Gasteiger partial charge in [-0.2, -0.15) is 0 Å². The van der Waals surface area contributed by atoms with Crippen molar-refractivity contribution in [2.45, 2.75) is 25.7 Å². The van der Waals surface area contributed by atoms with Gasteiger partial charge >= 0.3 is 0 Å². The summed E-state index contributed by atoms with van der Waals surface area (Å²) in [5.41, 5.74) is 1.20. The van der Waals surface area contributed by atoms with Crippen LogP contribution in [0.2, 0.25) is 5.02 Å². The van der Waals surface area contributed by atoms with E-state index in [4.69, 9.17) is 27.9 Å². The summed E-state index contributed by atoms with van der Waals surface area (Å²) in [6.07, 6.45) is 4.37. The number of methoxy groups -OCH3 is 1. The smallest absolute Gasteiger partial charge is 0.0462 e. The normalized spacial score (nSPS) is 12.6. The fourth-order valence-corrected chi connectivity index (χ4v) is 2.36. The molecule has 0 aliphatic rings. The molecule has 0 radical (unpaired) electrons. The monoisotopic (exact) mass is 274 g/mol. The van der Waals surface area contributed by atoms with Gasteiger partial charge in [0.1, 0.15) is 0 Å². The molecular weight excluding hydrogens is 255 g/mol. The van der Waals surface area contributed by atoms with Gasteiger partial charge in [0.05, 0.1) is 0 Å². The van der Waals surface area contributed by atoms with Crippen LogP contribution in [-0.4, -0.2) is 19.6 Å². The van der Waals surface area contributed by atoms with Gasteiger partial charge in [-0.25, -0.2) is 0 Å². The lowest BCUT2D eigenvalue weighted by Gasteiger charge is -2.14. The average Bonchev–Trinajstić information content (AvgIpc) is 2.35. The number of alkyl halides is 1. The van der Waals surface area contributed by atoms with Gasteiger partial charge in [0.15, 0.2) is 0 Å². The van der Waals surface area contributed by atoms with Crippen molar-refractivity contribution in [3.63, 3.8) is 0 Å². The van der Waals surface area contributed by atoms with E-state index in [1.54, 1.807) is 7.11 Å². The molecule has 0 aliphatic carbocycles. The largest absolute Gasteiger partial charge is 0.385 e. The van der Waals surface area contributed by atoms with Crippen molar-refractivity contribution in [2.75, 3.05) is 19.6 Å². The number of benzene rings is 1. The zero-order chi connectivity index (χ0) is 12.5. The first-order valence-electron chi connectivity index (χ1n) is 6.06. The molecule has 0 saturated heterocycles. The molecular formula is C14H20Cl2O. The molecule has 0 saturated carbocycles. The first-order valence-corrected chi connectivity index (χ1v) is 6.97. The summed E-state index contributed by atoms with van der Waals surface area (Å²) < 4.78 is 5.04. The molecule has 17 heavy (non-hydrogen) atoms. The van der Waals surface area contributed by atoms with Gasteiger partial charge < -0.3 is 4.74 Å². The van der Waals surface area contributed by atoms with Crippen LogP contribution in [0.3, 0.4) is 0 Å². The predicted octanol–water partition coefficient (Wildman–Crippen LogP) is 4.55. The quantitative estimate of drug-likeness (QED) is 0.499. The lowest BCUT2D eigenvalue weighted by Crippen LogP contribution is -2.07. The van der Waals surface area contributed by atoms with E-state index in [0.29, 0.717) is 11.8 Å².